The molecule has 1 N–H and O–H groups in total. The Morgan fingerprint density at radius 2 is 1.83 bits per heavy atom. The summed E-state index contributed by atoms with van der Waals surface area (Å²) in [6.45, 7) is 6.05. The van der Waals surface area contributed by atoms with Crippen molar-refractivity contribution in [2.24, 2.45) is 5.92 Å². The molecule has 36 heavy (non-hydrogen) atoms. The van der Waals surface area contributed by atoms with Gasteiger partial charge in [-0.3, -0.25) is 4.40 Å². The fourth-order valence-corrected chi connectivity index (χ4v) is 5.13. The van der Waals surface area contributed by atoms with Crippen molar-refractivity contribution in [3.63, 3.8) is 0 Å². The Hall–Kier alpha value is -3.86. The third-order valence-corrected chi connectivity index (χ3v) is 7.14. The number of ether oxygens (including phenoxy) is 2. The van der Waals surface area contributed by atoms with E-state index in [0.29, 0.717) is 18.1 Å². The molecule has 1 atom stereocenters. The smallest absolute Gasteiger partial charge is 0.145 e. The molecule has 2 aromatic heterocycles. The van der Waals surface area contributed by atoms with Crippen molar-refractivity contribution in [3.05, 3.63) is 72.7 Å². The topological polar surface area (TPSA) is 74.8 Å². The average molecular weight is 480 g/mol. The Morgan fingerprint density at radius 1 is 1.06 bits per heavy atom. The van der Waals surface area contributed by atoms with Gasteiger partial charge in [-0.2, -0.15) is 5.26 Å². The van der Waals surface area contributed by atoms with Gasteiger partial charge < -0.3 is 19.7 Å². The van der Waals surface area contributed by atoms with Crippen LogP contribution >= 0.6 is 0 Å². The fraction of sp³-hybridized carbons (Fsp3) is 0.310. The summed E-state index contributed by atoms with van der Waals surface area (Å²) in [5, 5.41) is 12.7. The number of imidazole rings is 1. The highest BCUT2D eigenvalue weighted by Gasteiger charge is 2.20. The van der Waals surface area contributed by atoms with E-state index in [0.717, 1.165) is 79.5 Å². The van der Waals surface area contributed by atoms with Gasteiger partial charge in [-0.25, -0.2) is 4.98 Å². The van der Waals surface area contributed by atoms with Crippen molar-refractivity contribution < 1.29 is 9.47 Å². The first kappa shape index (κ1) is 22.6. The molecule has 7 nitrogen and oxygen atoms in total. The summed E-state index contributed by atoms with van der Waals surface area (Å²) in [6.07, 6.45) is 4.86. The fourth-order valence-electron chi connectivity index (χ4n) is 5.13. The van der Waals surface area contributed by atoms with Gasteiger partial charge in [-0.05, 0) is 54.4 Å². The number of pyridine rings is 1. The highest BCUT2D eigenvalue weighted by atomic mass is 16.5. The van der Waals surface area contributed by atoms with E-state index in [1.54, 1.807) is 0 Å². The summed E-state index contributed by atoms with van der Waals surface area (Å²) in [6, 6.07) is 20.8. The zero-order valence-electron chi connectivity index (χ0n) is 20.2. The zero-order valence-corrected chi connectivity index (χ0v) is 20.2. The van der Waals surface area contributed by atoms with Crippen LogP contribution in [0.3, 0.4) is 0 Å². The van der Waals surface area contributed by atoms with Gasteiger partial charge in [0, 0.05) is 36.8 Å². The van der Waals surface area contributed by atoms with E-state index in [4.69, 9.17) is 9.47 Å². The quantitative estimate of drug-likeness (QED) is 0.443. The van der Waals surface area contributed by atoms with Crippen LogP contribution in [0.5, 0.6) is 5.75 Å². The maximum Gasteiger partial charge on any atom is 0.145 e. The molecular formula is C29H29N5O2. The summed E-state index contributed by atoms with van der Waals surface area (Å²) in [4.78, 5) is 6.84. The minimum atomic E-state index is 0.513. The molecule has 0 aliphatic carbocycles. The minimum Gasteiger partial charge on any atom is -0.491 e. The molecule has 2 saturated heterocycles. The van der Waals surface area contributed by atoms with Gasteiger partial charge in [0.2, 0.25) is 0 Å². The lowest BCUT2D eigenvalue weighted by Gasteiger charge is -2.29. The lowest BCUT2D eigenvalue weighted by atomic mass is 9.97. The number of aromatic nitrogens is 2. The molecule has 2 fully saturated rings. The molecule has 0 radical (unpaired) electrons. The molecule has 0 saturated carbocycles. The van der Waals surface area contributed by atoms with Gasteiger partial charge in [-0.1, -0.05) is 24.3 Å². The van der Waals surface area contributed by atoms with Crippen LogP contribution in [0.2, 0.25) is 0 Å². The first-order valence-corrected chi connectivity index (χ1v) is 12.6. The molecule has 0 bridgehead atoms. The first-order valence-electron chi connectivity index (χ1n) is 12.6. The second-order valence-corrected chi connectivity index (χ2v) is 9.43. The normalized spacial score (nSPS) is 17.9. The lowest BCUT2D eigenvalue weighted by molar-refractivity contribution is 0.122. The van der Waals surface area contributed by atoms with E-state index in [1.165, 1.54) is 5.69 Å². The van der Waals surface area contributed by atoms with E-state index in [-0.39, 0.29) is 0 Å². The lowest BCUT2D eigenvalue weighted by Crippen LogP contribution is -2.36. The third kappa shape index (κ3) is 4.41. The van der Waals surface area contributed by atoms with E-state index in [9.17, 15) is 5.26 Å². The number of nitrogens with one attached hydrogen (secondary N) is 1. The molecule has 182 valence electrons. The second-order valence-electron chi connectivity index (χ2n) is 9.43. The van der Waals surface area contributed by atoms with Crippen LogP contribution in [0.4, 0.5) is 5.69 Å². The standard InChI is InChI=1S/C29H29N5O2/c30-16-21-1-3-23(4-2-21)26-15-28(36-19-22-9-10-31-17-22)27-18-32-20-34(27)29(26)24-5-7-25(8-6-24)33-11-13-35-14-12-33/h1-8,15,18,20,22,31H,9-14,17,19H2/t22-/m1/s1. The Kier molecular flexibility index (Phi) is 6.29. The van der Waals surface area contributed by atoms with Crippen LogP contribution in [0, 0.1) is 17.2 Å². The Labute approximate surface area is 210 Å². The highest BCUT2D eigenvalue weighted by molar-refractivity contribution is 5.86. The molecule has 0 spiro atoms. The van der Waals surface area contributed by atoms with Crippen LogP contribution in [-0.4, -0.2) is 55.4 Å². The number of nitriles is 1. The van der Waals surface area contributed by atoms with Gasteiger partial charge >= 0.3 is 0 Å². The number of anilines is 1. The van der Waals surface area contributed by atoms with Gasteiger partial charge in [0.1, 0.15) is 11.3 Å². The van der Waals surface area contributed by atoms with Crippen LogP contribution in [0.1, 0.15) is 12.0 Å². The number of rotatable bonds is 6. The summed E-state index contributed by atoms with van der Waals surface area (Å²) in [5.74, 6) is 1.34. The van der Waals surface area contributed by atoms with Crippen LogP contribution in [0.25, 0.3) is 27.9 Å². The minimum absolute atomic E-state index is 0.513. The zero-order chi connectivity index (χ0) is 24.3. The van der Waals surface area contributed by atoms with Crippen molar-refractivity contribution >= 4 is 11.2 Å². The van der Waals surface area contributed by atoms with Gasteiger partial charge in [0.25, 0.3) is 0 Å². The molecule has 6 rings (SSSR count). The van der Waals surface area contributed by atoms with E-state index in [1.807, 2.05) is 36.8 Å². The summed E-state index contributed by atoms with van der Waals surface area (Å²) in [7, 11) is 0. The Bertz CT molecular complexity index is 1380. The maximum absolute atomic E-state index is 9.30. The molecule has 7 heteroatoms. The van der Waals surface area contributed by atoms with Crippen LogP contribution in [0.15, 0.2) is 67.1 Å². The van der Waals surface area contributed by atoms with Gasteiger partial charge in [0.05, 0.1) is 49.7 Å². The number of hydrogen-bond donors (Lipinski definition) is 1. The molecule has 0 amide bonds. The molecule has 2 aromatic carbocycles. The highest BCUT2D eigenvalue weighted by Crippen LogP contribution is 2.38. The number of nitrogens with zero attached hydrogens (tertiary/aromatic N) is 4. The first-order chi connectivity index (χ1) is 17.8. The molecular weight excluding hydrogens is 450 g/mol. The number of morpholine rings is 1. The summed E-state index contributed by atoms with van der Waals surface area (Å²) in [5.41, 5.74) is 7.02. The third-order valence-electron chi connectivity index (χ3n) is 7.14. The Balaban J connectivity index is 1.44. The summed E-state index contributed by atoms with van der Waals surface area (Å²) >= 11 is 0. The molecule has 2 aliphatic rings. The maximum atomic E-state index is 9.30. The average Bonchev–Trinajstić information content (AvgIpc) is 3.65. The van der Waals surface area contributed by atoms with Crippen molar-refractivity contribution in [2.45, 2.75) is 6.42 Å². The van der Waals surface area contributed by atoms with E-state index < -0.39 is 0 Å². The number of hydrogen-bond acceptors (Lipinski definition) is 6. The van der Waals surface area contributed by atoms with Crippen molar-refractivity contribution in [2.75, 3.05) is 50.9 Å². The van der Waals surface area contributed by atoms with E-state index >= 15 is 0 Å². The molecule has 0 unspecified atom stereocenters. The molecule has 4 heterocycles. The molecule has 4 aromatic rings. The van der Waals surface area contributed by atoms with Crippen molar-refractivity contribution in [1.29, 1.82) is 5.26 Å². The van der Waals surface area contributed by atoms with Gasteiger partial charge in [-0.15, -0.1) is 0 Å². The SMILES string of the molecule is N#Cc1ccc(-c2cc(OC[C@@H]3CCNC3)c3cncn3c2-c2ccc(N3CCOCC3)cc2)cc1. The Morgan fingerprint density at radius 3 is 2.56 bits per heavy atom. The van der Waals surface area contributed by atoms with Crippen molar-refractivity contribution in [3.8, 4) is 34.2 Å². The van der Waals surface area contributed by atoms with E-state index in [2.05, 4.69) is 56.0 Å². The number of fused-ring (bicyclic) bond motifs is 1. The predicted molar refractivity (Wildman–Crippen MR) is 140 cm³/mol. The van der Waals surface area contributed by atoms with Crippen LogP contribution < -0.4 is 15.0 Å². The summed E-state index contributed by atoms with van der Waals surface area (Å²) < 4.78 is 14.0. The van der Waals surface area contributed by atoms with Gasteiger partial charge in [0.15, 0.2) is 0 Å². The number of benzene rings is 2. The molecule has 2 aliphatic heterocycles. The predicted octanol–water partition coefficient (Wildman–Crippen LogP) is 4.36. The van der Waals surface area contributed by atoms with Crippen LogP contribution in [-0.2, 0) is 4.74 Å². The largest absolute Gasteiger partial charge is 0.491 e. The monoisotopic (exact) mass is 479 g/mol. The van der Waals surface area contributed by atoms with Crippen molar-refractivity contribution in [1.82, 2.24) is 14.7 Å². The second kappa shape index (κ2) is 10.0.